The highest BCUT2D eigenvalue weighted by Crippen LogP contribution is 2.38. The Morgan fingerprint density at radius 2 is 2.05 bits per heavy atom. The largest absolute Gasteiger partial charge is 0.366 e. The monoisotopic (exact) mass is 291 g/mol. The van der Waals surface area contributed by atoms with Crippen LogP contribution in [0.3, 0.4) is 0 Å². The molecule has 0 aromatic heterocycles. The van der Waals surface area contributed by atoms with E-state index in [1.54, 1.807) is 12.1 Å². The van der Waals surface area contributed by atoms with E-state index in [9.17, 15) is 9.18 Å². The van der Waals surface area contributed by atoms with E-state index in [1.807, 2.05) is 0 Å². The number of halogens is 1. The topological polar surface area (TPSA) is 58.4 Å². The highest BCUT2D eigenvalue weighted by molar-refractivity contribution is 5.93. The molecule has 0 unspecified atom stereocenters. The molecule has 1 saturated carbocycles. The molecule has 1 aromatic rings. The Balaban J connectivity index is 1.95. The van der Waals surface area contributed by atoms with Crippen LogP contribution < -0.4 is 16.0 Å². The molecule has 4 nitrogen and oxygen atoms in total. The predicted molar refractivity (Wildman–Crippen MR) is 80.9 cm³/mol. The van der Waals surface area contributed by atoms with Crippen molar-refractivity contribution in [2.24, 2.45) is 5.73 Å². The lowest BCUT2D eigenvalue weighted by molar-refractivity contribution is 0.1000. The van der Waals surface area contributed by atoms with Crippen molar-refractivity contribution in [3.63, 3.8) is 0 Å². The van der Waals surface area contributed by atoms with Gasteiger partial charge in [-0.05, 0) is 31.0 Å². The minimum Gasteiger partial charge on any atom is -0.366 e. The fourth-order valence-electron chi connectivity index (χ4n) is 3.76. The lowest BCUT2D eigenvalue weighted by atomic mass is 9.78. The number of carbonyl (C=O) groups excluding carboxylic acids is 1. The van der Waals surface area contributed by atoms with E-state index in [0.717, 1.165) is 32.5 Å². The number of hydrogen-bond acceptors (Lipinski definition) is 3. The van der Waals surface area contributed by atoms with Gasteiger partial charge in [-0.1, -0.05) is 19.3 Å². The first-order valence-corrected chi connectivity index (χ1v) is 7.70. The molecule has 1 amide bonds. The van der Waals surface area contributed by atoms with Crippen LogP contribution in [0.15, 0.2) is 18.2 Å². The lowest BCUT2D eigenvalue weighted by Crippen LogP contribution is -2.62. The van der Waals surface area contributed by atoms with Crippen molar-refractivity contribution in [3.05, 3.63) is 29.6 Å². The first-order valence-electron chi connectivity index (χ1n) is 7.70. The fourth-order valence-corrected chi connectivity index (χ4v) is 3.76. The van der Waals surface area contributed by atoms with Gasteiger partial charge in [-0.3, -0.25) is 4.79 Å². The van der Waals surface area contributed by atoms with Crippen molar-refractivity contribution in [1.82, 2.24) is 5.32 Å². The number of benzene rings is 1. The van der Waals surface area contributed by atoms with Crippen molar-refractivity contribution in [2.45, 2.75) is 37.6 Å². The van der Waals surface area contributed by atoms with Gasteiger partial charge >= 0.3 is 0 Å². The molecule has 5 heteroatoms. The van der Waals surface area contributed by atoms with Gasteiger partial charge in [0.25, 0.3) is 0 Å². The third-order valence-electron chi connectivity index (χ3n) is 4.85. The van der Waals surface area contributed by atoms with Crippen LogP contribution in [0.25, 0.3) is 0 Å². The van der Waals surface area contributed by atoms with Crippen LogP contribution >= 0.6 is 0 Å². The predicted octanol–water partition coefficient (Wildman–Crippen LogP) is 2.04. The van der Waals surface area contributed by atoms with Crippen LogP contribution in [-0.4, -0.2) is 31.1 Å². The molecule has 114 valence electrons. The van der Waals surface area contributed by atoms with Crippen molar-refractivity contribution in [2.75, 3.05) is 24.5 Å². The van der Waals surface area contributed by atoms with Crippen LogP contribution in [0, 0.1) is 5.82 Å². The Labute approximate surface area is 124 Å². The molecule has 3 N–H and O–H groups in total. The van der Waals surface area contributed by atoms with Gasteiger partial charge in [0.2, 0.25) is 5.91 Å². The minimum atomic E-state index is -0.590. The summed E-state index contributed by atoms with van der Waals surface area (Å²) >= 11 is 0. The first kappa shape index (κ1) is 14.3. The van der Waals surface area contributed by atoms with E-state index in [1.165, 1.54) is 25.3 Å². The zero-order valence-corrected chi connectivity index (χ0v) is 12.2. The number of nitrogens with two attached hydrogens (primary N) is 1. The normalized spacial score (nSPS) is 21.5. The molecular formula is C16H22FN3O. The summed E-state index contributed by atoms with van der Waals surface area (Å²) in [5.74, 6) is -0.939. The van der Waals surface area contributed by atoms with Crippen LogP contribution in [-0.2, 0) is 0 Å². The van der Waals surface area contributed by atoms with E-state index in [2.05, 4.69) is 10.2 Å². The van der Waals surface area contributed by atoms with Gasteiger partial charge in [0.1, 0.15) is 5.82 Å². The summed E-state index contributed by atoms with van der Waals surface area (Å²) in [6.07, 6.45) is 5.84. The van der Waals surface area contributed by atoms with E-state index < -0.39 is 5.91 Å². The van der Waals surface area contributed by atoms with Crippen molar-refractivity contribution in [3.8, 4) is 0 Å². The molecular weight excluding hydrogens is 269 g/mol. The number of carbonyl (C=O) groups is 1. The Bertz CT molecular complexity index is 532. The maximum Gasteiger partial charge on any atom is 0.248 e. The average molecular weight is 291 g/mol. The highest BCUT2D eigenvalue weighted by atomic mass is 19.1. The zero-order chi connectivity index (χ0) is 14.9. The Morgan fingerprint density at radius 3 is 2.71 bits per heavy atom. The number of piperazine rings is 1. The third-order valence-corrected chi connectivity index (χ3v) is 4.85. The second-order valence-electron chi connectivity index (χ2n) is 6.14. The van der Waals surface area contributed by atoms with Crippen LogP contribution in [0.5, 0.6) is 0 Å². The number of hydrogen-bond donors (Lipinski definition) is 2. The second-order valence-corrected chi connectivity index (χ2v) is 6.14. The first-order chi connectivity index (χ1) is 10.1. The Hall–Kier alpha value is -1.62. The molecule has 0 radical (unpaired) electrons. The van der Waals surface area contributed by atoms with Crippen LogP contribution in [0.2, 0.25) is 0 Å². The van der Waals surface area contributed by atoms with Crippen LogP contribution in [0.4, 0.5) is 10.1 Å². The van der Waals surface area contributed by atoms with Crippen LogP contribution in [0.1, 0.15) is 42.5 Å². The molecule has 0 bridgehead atoms. The zero-order valence-electron chi connectivity index (χ0n) is 12.2. The maximum atomic E-state index is 14.5. The molecule has 1 heterocycles. The minimum absolute atomic E-state index is 0.0194. The summed E-state index contributed by atoms with van der Waals surface area (Å²) in [5, 5.41) is 3.46. The van der Waals surface area contributed by atoms with Gasteiger partial charge in [-0.15, -0.1) is 0 Å². The standard InChI is InChI=1S/C16H22FN3O/c17-13-10-12(15(18)21)4-5-14(13)20-9-8-19-11-16(20)6-2-1-3-7-16/h4-5,10,19H,1-3,6-9,11H2,(H2,18,21). The number of amides is 1. The van der Waals surface area contributed by atoms with Gasteiger partial charge < -0.3 is 16.0 Å². The molecule has 0 atom stereocenters. The molecule has 2 fully saturated rings. The summed E-state index contributed by atoms with van der Waals surface area (Å²) in [6.45, 7) is 2.57. The van der Waals surface area contributed by atoms with Gasteiger partial charge in [0.05, 0.1) is 11.2 Å². The Morgan fingerprint density at radius 1 is 1.29 bits per heavy atom. The number of rotatable bonds is 2. The van der Waals surface area contributed by atoms with Crippen molar-refractivity contribution in [1.29, 1.82) is 0 Å². The van der Waals surface area contributed by atoms with E-state index >= 15 is 0 Å². The third kappa shape index (κ3) is 2.62. The number of anilines is 1. The summed E-state index contributed by atoms with van der Waals surface area (Å²) in [5.41, 5.74) is 6.06. The molecule has 1 saturated heterocycles. The fraction of sp³-hybridized carbons (Fsp3) is 0.562. The molecule has 1 aliphatic heterocycles. The Kier molecular flexibility index (Phi) is 3.85. The highest BCUT2D eigenvalue weighted by Gasteiger charge is 2.40. The average Bonchev–Trinajstić information content (AvgIpc) is 2.49. The molecule has 1 aromatic carbocycles. The lowest BCUT2D eigenvalue weighted by Gasteiger charge is -2.51. The quantitative estimate of drug-likeness (QED) is 0.876. The SMILES string of the molecule is NC(=O)c1ccc(N2CCNCC23CCCCC3)c(F)c1. The molecule has 1 aliphatic carbocycles. The van der Waals surface area contributed by atoms with E-state index in [0.29, 0.717) is 5.69 Å². The molecule has 21 heavy (non-hydrogen) atoms. The molecule has 1 spiro atoms. The summed E-state index contributed by atoms with van der Waals surface area (Å²) in [7, 11) is 0. The van der Waals surface area contributed by atoms with Crippen molar-refractivity contribution >= 4 is 11.6 Å². The second kappa shape index (κ2) is 5.64. The molecule has 3 rings (SSSR count). The summed E-state index contributed by atoms with van der Waals surface area (Å²) in [6, 6.07) is 4.59. The maximum absolute atomic E-state index is 14.5. The van der Waals surface area contributed by atoms with E-state index in [-0.39, 0.29) is 16.9 Å². The number of nitrogens with one attached hydrogen (secondary N) is 1. The van der Waals surface area contributed by atoms with Crippen molar-refractivity contribution < 1.29 is 9.18 Å². The van der Waals surface area contributed by atoms with Gasteiger partial charge in [-0.2, -0.15) is 0 Å². The van der Waals surface area contributed by atoms with Gasteiger partial charge in [0, 0.05) is 25.2 Å². The smallest absolute Gasteiger partial charge is 0.248 e. The molecule has 2 aliphatic rings. The van der Waals surface area contributed by atoms with Gasteiger partial charge in [-0.25, -0.2) is 4.39 Å². The van der Waals surface area contributed by atoms with Gasteiger partial charge in [0.15, 0.2) is 0 Å². The number of nitrogens with zero attached hydrogens (tertiary/aromatic N) is 1. The van der Waals surface area contributed by atoms with E-state index in [4.69, 9.17) is 5.73 Å². The summed E-state index contributed by atoms with van der Waals surface area (Å²) < 4.78 is 14.5. The number of primary amides is 1. The summed E-state index contributed by atoms with van der Waals surface area (Å²) in [4.78, 5) is 13.4.